The third kappa shape index (κ3) is 3.99. The fraction of sp³-hybridized carbons (Fsp3) is 0.316. The number of carbonyl (C=O) groups is 1. The van der Waals surface area contributed by atoms with E-state index >= 15 is 0 Å². The summed E-state index contributed by atoms with van der Waals surface area (Å²) in [6, 6.07) is 9.21. The van der Waals surface area contributed by atoms with Crippen LogP contribution in [0.1, 0.15) is 34.6 Å². The topological polar surface area (TPSA) is 56.5 Å². The van der Waals surface area contributed by atoms with E-state index in [0.717, 1.165) is 33.9 Å². The minimum Gasteiger partial charge on any atom is -0.461 e. The molecule has 25 heavy (non-hydrogen) atoms. The SMILES string of the molecule is Cc1cc2nc(C)c(CCC(=O)OCc3ccc(Cl)cc3)c(C)n2n1. The molecular weight excluding hydrogens is 338 g/mol. The summed E-state index contributed by atoms with van der Waals surface area (Å²) < 4.78 is 7.17. The number of carbonyl (C=O) groups excluding carboxylic acids is 1. The van der Waals surface area contributed by atoms with E-state index in [1.54, 1.807) is 12.1 Å². The van der Waals surface area contributed by atoms with Crippen LogP contribution >= 0.6 is 11.6 Å². The molecule has 0 amide bonds. The quantitative estimate of drug-likeness (QED) is 0.648. The molecule has 0 saturated heterocycles. The molecule has 2 heterocycles. The second kappa shape index (κ2) is 7.23. The van der Waals surface area contributed by atoms with Crippen LogP contribution in [-0.2, 0) is 22.6 Å². The van der Waals surface area contributed by atoms with Crippen molar-refractivity contribution in [1.29, 1.82) is 0 Å². The molecule has 0 spiro atoms. The molecule has 2 aromatic heterocycles. The first kappa shape index (κ1) is 17.4. The van der Waals surface area contributed by atoms with Crippen LogP contribution in [0.2, 0.25) is 5.02 Å². The zero-order valence-electron chi connectivity index (χ0n) is 14.5. The van der Waals surface area contributed by atoms with Gasteiger partial charge in [-0.2, -0.15) is 5.10 Å². The number of aromatic nitrogens is 3. The van der Waals surface area contributed by atoms with Crippen molar-refractivity contribution in [3.8, 4) is 0 Å². The lowest BCUT2D eigenvalue weighted by atomic mass is 10.1. The number of benzene rings is 1. The highest BCUT2D eigenvalue weighted by Gasteiger charge is 2.13. The number of hydrogen-bond acceptors (Lipinski definition) is 4. The molecule has 0 fully saturated rings. The lowest BCUT2D eigenvalue weighted by Gasteiger charge is -2.11. The van der Waals surface area contributed by atoms with Crippen molar-refractivity contribution in [3.05, 3.63) is 63.6 Å². The van der Waals surface area contributed by atoms with Crippen molar-refractivity contribution in [2.24, 2.45) is 0 Å². The van der Waals surface area contributed by atoms with Crippen LogP contribution in [-0.4, -0.2) is 20.6 Å². The van der Waals surface area contributed by atoms with E-state index in [9.17, 15) is 4.79 Å². The molecule has 0 unspecified atom stereocenters. The largest absolute Gasteiger partial charge is 0.461 e. The number of ether oxygens (including phenoxy) is 1. The molecule has 3 rings (SSSR count). The Kier molecular flexibility index (Phi) is 5.04. The summed E-state index contributed by atoms with van der Waals surface area (Å²) in [5.74, 6) is -0.231. The van der Waals surface area contributed by atoms with Gasteiger partial charge < -0.3 is 4.74 Å². The van der Waals surface area contributed by atoms with E-state index in [4.69, 9.17) is 16.3 Å². The highest BCUT2D eigenvalue weighted by Crippen LogP contribution is 2.17. The standard InChI is InChI=1S/C19H20ClN3O2/c1-12-10-18-21-13(2)17(14(3)23(18)22-12)8-9-19(24)25-11-15-4-6-16(20)7-5-15/h4-7,10H,8-9,11H2,1-3H3. The Morgan fingerprint density at radius 2 is 1.92 bits per heavy atom. The summed E-state index contributed by atoms with van der Waals surface area (Å²) in [7, 11) is 0. The normalized spacial score (nSPS) is 11.0. The highest BCUT2D eigenvalue weighted by atomic mass is 35.5. The van der Waals surface area contributed by atoms with Crippen molar-refractivity contribution in [3.63, 3.8) is 0 Å². The molecule has 0 radical (unpaired) electrons. The zero-order chi connectivity index (χ0) is 18.0. The molecule has 0 aliphatic carbocycles. The predicted octanol–water partition coefficient (Wildman–Crippen LogP) is 3.98. The molecule has 5 nitrogen and oxygen atoms in total. The van der Waals surface area contributed by atoms with Crippen molar-refractivity contribution in [1.82, 2.24) is 14.6 Å². The van der Waals surface area contributed by atoms with E-state index in [-0.39, 0.29) is 12.6 Å². The van der Waals surface area contributed by atoms with Crippen LogP contribution in [0.5, 0.6) is 0 Å². The van der Waals surface area contributed by atoms with Crippen LogP contribution in [0.15, 0.2) is 30.3 Å². The second-order valence-corrected chi connectivity index (χ2v) is 6.54. The van der Waals surface area contributed by atoms with Crippen molar-refractivity contribution < 1.29 is 9.53 Å². The summed E-state index contributed by atoms with van der Waals surface area (Å²) in [5.41, 5.74) is 5.66. The zero-order valence-corrected chi connectivity index (χ0v) is 15.3. The fourth-order valence-electron chi connectivity index (χ4n) is 2.85. The first-order valence-corrected chi connectivity index (χ1v) is 8.54. The number of esters is 1. The lowest BCUT2D eigenvalue weighted by Crippen LogP contribution is -2.10. The number of fused-ring (bicyclic) bond motifs is 1. The Balaban J connectivity index is 1.63. The maximum Gasteiger partial charge on any atom is 0.306 e. The molecular formula is C19H20ClN3O2. The molecule has 0 N–H and O–H groups in total. The number of aryl methyl sites for hydroxylation is 3. The summed E-state index contributed by atoms with van der Waals surface area (Å²) in [4.78, 5) is 16.6. The van der Waals surface area contributed by atoms with Gasteiger partial charge in [-0.3, -0.25) is 4.79 Å². The highest BCUT2D eigenvalue weighted by molar-refractivity contribution is 6.30. The average Bonchev–Trinajstić information content (AvgIpc) is 2.94. The molecule has 0 bridgehead atoms. The van der Waals surface area contributed by atoms with Gasteiger partial charge in [-0.05, 0) is 50.5 Å². The first-order chi connectivity index (χ1) is 11.9. The molecule has 0 aliphatic rings. The van der Waals surface area contributed by atoms with E-state index in [2.05, 4.69) is 10.1 Å². The Morgan fingerprint density at radius 3 is 2.64 bits per heavy atom. The van der Waals surface area contributed by atoms with Gasteiger partial charge in [0.2, 0.25) is 0 Å². The number of halogens is 1. The van der Waals surface area contributed by atoms with Gasteiger partial charge in [-0.1, -0.05) is 23.7 Å². The molecule has 6 heteroatoms. The van der Waals surface area contributed by atoms with Crippen molar-refractivity contribution in [2.75, 3.05) is 0 Å². The van der Waals surface area contributed by atoms with Gasteiger partial charge in [0.1, 0.15) is 6.61 Å². The summed E-state index contributed by atoms with van der Waals surface area (Å²) in [6.07, 6.45) is 0.891. The predicted molar refractivity (Wildman–Crippen MR) is 96.8 cm³/mol. The third-order valence-electron chi connectivity index (χ3n) is 4.18. The molecule has 0 aliphatic heterocycles. The smallest absolute Gasteiger partial charge is 0.306 e. The minimum absolute atomic E-state index is 0.231. The Morgan fingerprint density at radius 1 is 1.20 bits per heavy atom. The molecule has 130 valence electrons. The van der Waals surface area contributed by atoms with E-state index < -0.39 is 0 Å². The summed E-state index contributed by atoms with van der Waals surface area (Å²) in [5, 5.41) is 5.12. The van der Waals surface area contributed by atoms with Gasteiger partial charge in [-0.15, -0.1) is 0 Å². The van der Waals surface area contributed by atoms with Crippen LogP contribution in [0.25, 0.3) is 5.65 Å². The molecule has 1 aromatic carbocycles. The van der Waals surface area contributed by atoms with Gasteiger partial charge in [0.15, 0.2) is 5.65 Å². The van der Waals surface area contributed by atoms with Gasteiger partial charge in [0.25, 0.3) is 0 Å². The van der Waals surface area contributed by atoms with Gasteiger partial charge in [0.05, 0.1) is 5.69 Å². The Hall–Kier alpha value is -2.40. The van der Waals surface area contributed by atoms with E-state index in [0.29, 0.717) is 17.9 Å². The monoisotopic (exact) mass is 357 g/mol. The fourth-order valence-corrected chi connectivity index (χ4v) is 2.97. The van der Waals surface area contributed by atoms with Crippen molar-refractivity contribution >= 4 is 23.2 Å². The molecule has 3 aromatic rings. The van der Waals surface area contributed by atoms with Crippen LogP contribution in [0.3, 0.4) is 0 Å². The summed E-state index contributed by atoms with van der Waals surface area (Å²) >= 11 is 5.84. The maximum atomic E-state index is 12.1. The van der Waals surface area contributed by atoms with Crippen LogP contribution in [0.4, 0.5) is 0 Å². The van der Waals surface area contributed by atoms with E-state index in [1.165, 1.54) is 0 Å². The minimum atomic E-state index is -0.231. The van der Waals surface area contributed by atoms with Crippen molar-refractivity contribution in [2.45, 2.75) is 40.2 Å². The van der Waals surface area contributed by atoms with E-state index in [1.807, 2.05) is 43.5 Å². The van der Waals surface area contributed by atoms with Gasteiger partial charge >= 0.3 is 5.97 Å². The Bertz CT molecular complexity index is 917. The lowest BCUT2D eigenvalue weighted by molar-refractivity contribution is -0.144. The average molecular weight is 358 g/mol. The molecule has 0 saturated carbocycles. The van der Waals surface area contributed by atoms with Crippen LogP contribution < -0.4 is 0 Å². The Labute approximate surface area is 151 Å². The van der Waals surface area contributed by atoms with Crippen LogP contribution in [0, 0.1) is 20.8 Å². The first-order valence-electron chi connectivity index (χ1n) is 8.16. The molecule has 0 atom stereocenters. The number of rotatable bonds is 5. The number of hydrogen-bond donors (Lipinski definition) is 0. The van der Waals surface area contributed by atoms with Gasteiger partial charge in [0, 0.05) is 28.9 Å². The van der Waals surface area contributed by atoms with Gasteiger partial charge in [-0.25, -0.2) is 9.50 Å². The maximum absolute atomic E-state index is 12.1. The number of nitrogens with zero attached hydrogens (tertiary/aromatic N) is 3. The summed E-state index contributed by atoms with van der Waals surface area (Å²) in [6.45, 7) is 6.16. The second-order valence-electron chi connectivity index (χ2n) is 6.10. The third-order valence-corrected chi connectivity index (χ3v) is 4.43.